The standard InChI is InChI=1S/C12H13ClN4O/c13-9-7-15-17(8-9)6-5-12(18)16-11-4-2-1-3-10(11)14/h1-4,7-8H,5-6,14H2,(H,16,18). The van der Waals surface area contributed by atoms with Crippen LogP contribution in [-0.4, -0.2) is 15.7 Å². The Hall–Kier alpha value is -2.01. The number of amides is 1. The number of halogens is 1. The number of hydrogen-bond donors (Lipinski definition) is 2. The Kier molecular flexibility index (Phi) is 3.84. The van der Waals surface area contributed by atoms with E-state index in [2.05, 4.69) is 10.4 Å². The Morgan fingerprint density at radius 2 is 2.22 bits per heavy atom. The number of nitrogens with two attached hydrogens (primary N) is 1. The molecule has 1 amide bonds. The van der Waals surface area contributed by atoms with Gasteiger partial charge in [0.25, 0.3) is 0 Å². The molecule has 0 aliphatic rings. The summed E-state index contributed by atoms with van der Waals surface area (Å²) < 4.78 is 1.62. The van der Waals surface area contributed by atoms with E-state index in [1.54, 1.807) is 23.0 Å². The number of nitrogens with zero attached hydrogens (tertiary/aromatic N) is 2. The van der Waals surface area contributed by atoms with Gasteiger partial charge in [0.15, 0.2) is 0 Å². The van der Waals surface area contributed by atoms with Gasteiger partial charge in [0.1, 0.15) is 0 Å². The van der Waals surface area contributed by atoms with E-state index in [1.165, 1.54) is 6.20 Å². The van der Waals surface area contributed by atoms with Crippen LogP contribution in [-0.2, 0) is 11.3 Å². The lowest BCUT2D eigenvalue weighted by Gasteiger charge is -2.07. The van der Waals surface area contributed by atoms with Crippen molar-refractivity contribution < 1.29 is 4.79 Å². The fraction of sp³-hybridized carbons (Fsp3) is 0.167. The maximum absolute atomic E-state index is 11.7. The van der Waals surface area contributed by atoms with Gasteiger partial charge in [0.05, 0.1) is 22.6 Å². The summed E-state index contributed by atoms with van der Waals surface area (Å²) in [5, 5.41) is 7.30. The van der Waals surface area contributed by atoms with E-state index in [-0.39, 0.29) is 5.91 Å². The van der Waals surface area contributed by atoms with E-state index >= 15 is 0 Å². The molecule has 0 bridgehead atoms. The Bertz CT molecular complexity index is 553. The van der Waals surface area contributed by atoms with Crippen molar-refractivity contribution in [2.45, 2.75) is 13.0 Å². The van der Waals surface area contributed by atoms with Crippen LogP contribution in [0.5, 0.6) is 0 Å². The maximum Gasteiger partial charge on any atom is 0.226 e. The molecule has 0 fully saturated rings. The van der Waals surface area contributed by atoms with Crippen LogP contribution >= 0.6 is 11.6 Å². The van der Waals surface area contributed by atoms with Gasteiger partial charge in [-0.15, -0.1) is 0 Å². The predicted molar refractivity (Wildman–Crippen MR) is 71.3 cm³/mol. The second kappa shape index (κ2) is 5.55. The topological polar surface area (TPSA) is 72.9 Å². The van der Waals surface area contributed by atoms with Crippen molar-refractivity contribution in [3.05, 3.63) is 41.7 Å². The predicted octanol–water partition coefficient (Wildman–Crippen LogP) is 2.15. The highest BCUT2D eigenvalue weighted by molar-refractivity contribution is 6.30. The normalized spacial score (nSPS) is 10.3. The first-order valence-electron chi connectivity index (χ1n) is 5.47. The molecular formula is C12H13ClN4O. The number of nitrogen functional groups attached to an aromatic ring is 1. The van der Waals surface area contributed by atoms with Crippen molar-refractivity contribution in [3.63, 3.8) is 0 Å². The van der Waals surface area contributed by atoms with Gasteiger partial charge in [0, 0.05) is 19.2 Å². The fourth-order valence-electron chi connectivity index (χ4n) is 1.50. The Morgan fingerprint density at radius 3 is 2.89 bits per heavy atom. The number of hydrogen-bond acceptors (Lipinski definition) is 3. The summed E-state index contributed by atoms with van der Waals surface area (Å²) in [5.74, 6) is -0.112. The molecule has 0 unspecified atom stereocenters. The number of rotatable bonds is 4. The van der Waals surface area contributed by atoms with Gasteiger partial charge in [-0.3, -0.25) is 9.48 Å². The highest BCUT2D eigenvalue weighted by Gasteiger charge is 2.05. The summed E-state index contributed by atoms with van der Waals surface area (Å²) in [7, 11) is 0. The number of aryl methyl sites for hydroxylation is 1. The molecule has 0 aliphatic heterocycles. The van der Waals surface area contributed by atoms with Crippen LogP contribution < -0.4 is 11.1 Å². The molecule has 1 aromatic carbocycles. The highest BCUT2D eigenvalue weighted by atomic mass is 35.5. The Labute approximate surface area is 110 Å². The van der Waals surface area contributed by atoms with E-state index in [4.69, 9.17) is 17.3 Å². The lowest BCUT2D eigenvalue weighted by Crippen LogP contribution is -2.15. The molecule has 3 N–H and O–H groups in total. The number of para-hydroxylation sites is 2. The van der Waals surface area contributed by atoms with Gasteiger partial charge in [0.2, 0.25) is 5.91 Å². The first-order chi connectivity index (χ1) is 8.65. The van der Waals surface area contributed by atoms with E-state index in [1.807, 2.05) is 12.1 Å². The second-order valence-corrected chi connectivity index (χ2v) is 4.24. The van der Waals surface area contributed by atoms with Crippen molar-refractivity contribution >= 4 is 28.9 Å². The smallest absolute Gasteiger partial charge is 0.226 e. The summed E-state index contributed by atoms with van der Waals surface area (Å²) in [5.41, 5.74) is 6.90. The first-order valence-corrected chi connectivity index (χ1v) is 5.85. The van der Waals surface area contributed by atoms with E-state index in [0.717, 1.165) is 0 Å². The summed E-state index contributed by atoms with van der Waals surface area (Å²) in [6, 6.07) is 7.14. The summed E-state index contributed by atoms with van der Waals surface area (Å²) in [4.78, 5) is 11.7. The minimum atomic E-state index is -0.112. The van der Waals surface area contributed by atoms with Crippen LogP contribution in [0.1, 0.15) is 6.42 Å². The zero-order valence-corrected chi connectivity index (χ0v) is 10.4. The zero-order valence-electron chi connectivity index (χ0n) is 9.64. The van der Waals surface area contributed by atoms with E-state index in [0.29, 0.717) is 29.4 Å². The van der Waals surface area contributed by atoms with Gasteiger partial charge in [-0.1, -0.05) is 23.7 Å². The molecule has 18 heavy (non-hydrogen) atoms. The SMILES string of the molecule is Nc1ccccc1NC(=O)CCn1cc(Cl)cn1. The van der Waals surface area contributed by atoms with Gasteiger partial charge >= 0.3 is 0 Å². The summed E-state index contributed by atoms with van der Waals surface area (Å²) >= 11 is 5.73. The molecule has 5 nitrogen and oxygen atoms in total. The average molecular weight is 265 g/mol. The molecule has 1 aromatic heterocycles. The molecule has 0 spiro atoms. The van der Waals surface area contributed by atoms with Crippen molar-refractivity contribution in [1.82, 2.24) is 9.78 Å². The third kappa shape index (κ3) is 3.24. The molecule has 1 heterocycles. The van der Waals surface area contributed by atoms with Crippen LogP contribution in [0.15, 0.2) is 36.7 Å². The molecule has 6 heteroatoms. The van der Waals surface area contributed by atoms with Crippen molar-refractivity contribution in [3.8, 4) is 0 Å². The molecule has 0 atom stereocenters. The van der Waals surface area contributed by atoms with E-state index < -0.39 is 0 Å². The van der Waals surface area contributed by atoms with E-state index in [9.17, 15) is 4.79 Å². The van der Waals surface area contributed by atoms with Crippen LogP contribution in [0.4, 0.5) is 11.4 Å². The Morgan fingerprint density at radius 1 is 1.44 bits per heavy atom. The van der Waals surface area contributed by atoms with Crippen molar-refractivity contribution in [1.29, 1.82) is 0 Å². The average Bonchev–Trinajstić information content (AvgIpc) is 2.76. The monoisotopic (exact) mass is 264 g/mol. The zero-order chi connectivity index (χ0) is 13.0. The quantitative estimate of drug-likeness (QED) is 0.831. The third-order valence-corrected chi connectivity index (χ3v) is 2.60. The lowest BCUT2D eigenvalue weighted by atomic mass is 10.2. The number of aromatic nitrogens is 2. The molecule has 94 valence electrons. The summed E-state index contributed by atoms with van der Waals surface area (Å²) in [6.45, 7) is 0.477. The van der Waals surface area contributed by atoms with Crippen molar-refractivity contribution in [2.75, 3.05) is 11.1 Å². The Balaban J connectivity index is 1.88. The molecule has 0 saturated carbocycles. The van der Waals surface area contributed by atoms with Gasteiger partial charge in [-0.25, -0.2) is 0 Å². The number of carbonyl (C=O) groups excluding carboxylic acids is 1. The molecule has 0 saturated heterocycles. The molecule has 0 radical (unpaired) electrons. The molecule has 2 rings (SSSR count). The van der Waals surface area contributed by atoms with Gasteiger partial charge in [-0.05, 0) is 12.1 Å². The highest BCUT2D eigenvalue weighted by Crippen LogP contribution is 2.16. The van der Waals surface area contributed by atoms with Crippen LogP contribution in [0.3, 0.4) is 0 Å². The molecular weight excluding hydrogens is 252 g/mol. The van der Waals surface area contributed by atoms with Crippen LogP contribution in [0.25, 0.3) is 0 Å². The number of anilines is 2. The number of benzene rings is 1. The molecule has 2 aromatic rings. The third-order valence-electron chi connectivity index (χ3n) is 2.40. The minimum Gasteiger partial charge on any atom is -0.397 e. The largest absolute Gasteiger partial charge is 0.397 e. The van der Waals surface area contributed by atoms with Gasteiger partial charge in [-0.2, -0.15) is 5.10 Å². The lowest BCUT2D eigenvalue weighted by molar-refractivity contribution is -0.116. The number of carbonyl (C=O) groups is 1. The minimum absolute atomic E-state index is 0.112. The first kappa shape index (κ1) is 12.4. The van der Waals surface area contributed by atoms with Gasteiger partial charge < -0.3 is 11.1 Å². The van der Waals surface area contributed by atoms with Crippen LogP contribution in [0, 0.1) is 0 Å². The number of nitrogens with one attached hydrogen (secondary N) is 1. The van der Waals surface area contributed by atoms with Crippen molar-refractivity contribution in [2.24, 2.45) is 0 Å². The van der Waals surface area contributed by atoms with Crippen LogP contribution in [0.2, 0.25) is 5.02 Å². The maximum atomic E-state index is 11.7. The summed E-state index contributed by atoms with van der Waals surface area (Å²) in [6.07, 6.45) is 3.52. The fourth-order valence-corrected chi connectivity index (χ4v) is 1.66. The second-order valence-electron chi connectivity index (χ2n) is 3.81. The molecule has 0 aliphatic carbocycles.